The first kappa shape index (κ1) is 11.1. The van der Waals surface area contributed by atoms with Gasteiger partial charge in [0.1, 0.15) is 0 Å². The Morgan fingerprint density at radius 1 is 1.18 bits per heavy atom. The van der Waals surface area contributed by atoms with Crippen LogP contribution in [0.5, 0.6) is 0 Å². The molecule has 0 fully saturated rings. The summed E-state index contributed by atoms with van der Waals surface area (Å²) in [6.07, 6.45) is 0. The van der Waals surface area contributed by atoms with Crippen LogP contribution in [-0.2, 0) is 0 Å². The molecule has 17 heavy (non-hydrogen) atoms. The van der Waals surface area contributed by atoms with Gasteiger partial charge in [0.25, 0.3) is 0 Å². The lowest BCUT2D eigenvalue weighted by Crippen LogP contribution is -1.95. The third-order valence-electron chi connectivity index (χ3n) is 2.47. The van der Waals surface area contributed by atoms with Gasteiger partial charge in [0.05, 0.1) is 9.75 Å². The van der Waals surface area contributed by atoms with Crippen LogP contribution in [0.15, 0.2) is 46.3 Å². The van der Waals surface area contributed by atoms with Crippen molar-refractivity contribution in [3.8, 4) is 0 Å². The van der Waals surface area contributed by atoms with Gasteiger partial charge < -0.3 is 0 Å². The van der Waals surface area contributed by atoms with E-state index in [0.29, 0.717) is 0 Å². The maximum Gasteiger partial charge on any atom is 0.214 e. The molecule has 0 aliphatic heterocycles. The van der Waals surface area contributed by atoms with Crippen LogP contribution in [0.3, 0.4) is 0 Å². The SMILES string of the molecule is O=C(c1cc2ccccc2s1)c1sccc1Br. The maximum absolute atomic E-state index is 12.3. The molecule has 0 spiro atoms. The van der Waals surface area contributed by atoms with Gasteiger partial charge in [0.15, 0.2) is 0 Å². The summed E-state index contributed by atoms with van der Waals surface area (Å²) in [6, 6.07) is 11.9. The number of carbonyl (C=O) groups is 1. The predicted octanol–water partition coefficient (Wildman–Crippen LogP) is 4.96. The average Bonchev–Trinajstić information content (AvgIpc) is 2.93. The number of hydrogen-bond donors (Lipinski definition) is 0. The Morgan fingerprint density at radius 3 is 2.71 bits per heavy atom. The molecule has 0 bridgehead atoms. The van der Waals surface area contributed by atoms with E-state index in [-0.39, 0.29) is 5.78 Å². The summed E-state index contributed by atoms with van der Waals surface area (Å²) in [5, 5.41) is 3.05. The fraction of sp³-hybridized carbons (Fsp3) is 0. The van der Waals surface area contributed by atoms with E-state index in [2.05, 4.69) is 15.9 Å². The van der Waals surface area contributed by atoms with Crippen LogP contribution < -0.4 is 0 Å². The number of hydrogen-bond acceptors (Lipinski definition) is 3. The first-order valence-electron chi connectivity index (χ1n) is 5.02. The van der Waals surface area contributed by atoms with Crippen molar-refractivity contribution in [1.82, 2.24) is 0 Å². The fourth-order valence-corrected chi connectivity index (χ4v) is 4.24. The molecule has 0 N–H and O–H groups in total. The molecule has 2 heterocycles. The Bertz CT molecular complexity index is 663. The lowest BCUT2D eigenvalue weighted by molar-refractivity contribution is 0.104. The van der Waals surface area contributed by atoms with Crippen molar-refractivity contribution in [2.45, 2.75) is 0 Å². The summed E-state index contributed by atoms with van der Waals surface area (Å²) in [5.74, 6) is 0.105. The molecule has 3 rings (SSSR count). The van der Waals surface area contributed by atoms with Gasteiger partial charge in [-0.05, 0) is 44.9 Å². The van der Waals surface area contributed by atoms with Crippen molar-refractivity contribution in [3.05, 3.63) is 56.0 Å². The second-order valence-corrected chi connectivity index (χ2v) is 6.43. The lowest BCUT2D eigenvalue weighted by Gasteiger charge is -1.93. The number of halogens is 1. The largest absolute Gasteiger partial charge is 0.287 e. The summed E-state index contributed by atoms with van der Waals surface area (Å²) >= 11 is 6.42. The topological polar surface area (TPSA) is 17.1 Å². The van der Waals surface area contributed by atoms with Gasteiger partial charge >= 0.3 is 0 Å². The lowest BCUT2D eigenvalue weighted by atomic mass is 10.2. The zero-order valence-corrected chi connectivity index (χ0v) is 11.9. The van der Waals surface area contributed by atoms with Crippen LogP contribution in [0.25, 0.3) is 10.1 Å². The van der Waals surface area contributed by atoms with E-state index >= 15 is 0 Å². The van der Waals surface area contributed by atoms with Gasteiger partial charge in [-0.15, -0.1) is 22.7 Å². The van der Waals surface area contributed by atoms with Crippen LogP contribution >= 0.6 is 38.6 Å². The number of ketones is 1. The first-order chi connectivity index (χ1) is 8.25. The van der Waals surface area contributed by atoms with E-state index < -0.39 is 0 Å². The number of rotatable bonds is 2. The quantitative estimate of drug-likeness (QED) is 0.610. The van der Waals surface area contributed by atoms with E-state index in [9.17, 15) is 4.79 Å². The van der Waals surface area contributed by atoms with Crippen LogP contribution in [-0.4, -0.2) is 5.78 Å². The molecule has 0 amide bonds. The van der Waals surface area contributed by atoms with E-state index in [1.807, 2.05) is 41.8 Å². The van der Waals surface area contributed by atoms with Gasteiger partial charge in [0, 0.05) is 9.17 Å². The summed E-state index contributed by atoms with van der Waals surface area (Å²) < 4.78 is 2.04. The van der Waals surface area contributed by atoms with Crippen molar-refractivity contribution < 1.29 is 4.79 Å². The number of thiophene rings is 2. The highest BCUT2D eigenvalue weighted by molar-refractivity contribution is 9.10. The second kappa shape index (κ2) is 4.37. The zero-order chi connectivity index (χ0) is 11.8. The van der Waals surface area contributed by atoms with Gasteiger partial charge in [0.2, 0.25) is 5.78 Å². The van der Waals surface area contributed by atoms with Gasteiger partial charge in [-0.25, -0.2) is 0 Å². The molecule has 0 aliphatic rings. The Kier molecular flexibility index (Phi) is 2.86. The number of benzene rings is 1. The molecule has 2 aromatic heterocycles. The first-order valence-corrected chi connectivity index (χ1v) is 7.51. The molecule has 0 saturated carbocycles. The minimum atomic E-state index is 0.105. The molecule has 0 atom stereocenters. The molecule has 0 unspecified atom stereocenters. The second-order valence-electron chi connectivity index (χ2n) is 3.58. The predicted molar refractivity (Wildman–Crippen MR) is 77.3 cm³/mol. The average molecular weight is 323 g/mol. The van der Waals surface area contributed by atoms with E-state index in [1.54, 1.807) is 11.3 Å². The Hall–Kier alpha value is -0.970. The molecule has 84 valence electrons. The molecule has 1 nitrogen and oxygen atoms in total. The van der Waals surface area contributed by atoms with E-state index in [1.165, 1.54) is 11.3 Å². The highest BCUT2D eigenvalue weighted by Gasteiger charge is 2.16. The highest BCUT2D eigenvalue weighted by Crippen LogP contribution is 2.31. The minimum Gasteiger partial charge on any atom is -0.287 e. The van der Waals surface area contributed by atoms with Crippen molar-refractivity contribution >= 4 is 54.5 Å². The molecule has 4 heteroatoms. The fourth-order valence-electron chi connectivity index (χ4n) is 1.66. The molecule has 1 aromatic carbocycles. The standard InChI is InChI=1S/C13H7BrOS2/c14-9-5-6-16-13(9)12(15)11-7-8-3-1-2-4-10(8)17-11/h1-7H. The monoisotopic (exact) mass is 322 g/mol. The maximum atomic E-state index is 12.3. The van der Waals surface area contributed by atoms with Crippen molar-refractivity contribution in [3.63, 3.8) is 0 Å². The summed E-state index contributed by atoms with van der Waals surface area (Å²) in [5.41, 5.74) is 0. The van der Waals surface area contributed by atoms with Crippen molar-refractivity contribution in [1.29, 1.82) is 0 Å². The number of carbonyl (C=O) groups excluding carboxylic acids is 1. The van der Waals surface area contributed by atoms with Crippen LogP contribution in [0.1, 0.15) is 14.5 Å². The Balaban J connectivity index is 2.10. The normalized spacial score (nSPS) is 10.9. The summed E-state index contributed by atoms with van der Waals surface area (Å²) in [4.78, 5) is 13.9. The molecular weight excluding hydrogens is 316 g/mol. The Labute approximate surface area is 115 Å². The van der Waals surface area contributed by atoms with Crippen molar-refractivity contribution in [2.75, 3.05) is 0 Å². The van der Waals surface area contributed by atoms with Crippen LogP contribution in [0, 0.1) is 0 Å². The molecule has 0 saturated heterocycles. The molecule has 0 aliphatic carbocycles. The zero-order valence-electron chi connectivity index (χ0n) is 8.64. The minimum absolute atomic E-state index is 0.105. The van der Waals surface area contributed by atoms with Gasteiger partial charge in [-0.3, -0.25) is 4.79 Å². The van der Waals surface area contributed by atoms with Crippen LogP contribution in [0.2, 0.25) is 0 Å². The highest BCUT2D eigenvalue weighted by atomic mass is 79.9. The molecule has 0 radical (unpaired) electrons. The summed E-state index contributed by atoms with van der Waals surface area (Å²) in [6.45, 7) is 0. The third-order valence-corrected chi connectivity index (χ3v) is 5.42. The van der Waals surface area contributed by atoms with Gasteiger partial charge in [-0.1, -0.05) is 18.2 Å². The van der Waals surface area contributed by atoms with E-state index in [4.69, 9.17) is 0 Å². The molecular formula is C13H7BrOS2. The van der Waals surface area contributed by atoms with Crippen molar-refractivity contribution in [2.24, 2.45) is 0 Å². The number of fused-ring (bicyclic) bond motifs is 1. The smallest absolute Gasteiger partial charge is 0.214 e. The third kappa shape index (κ3) is 1.97. The molecule has 3 aromatic rings. The van der Waals surface area contributed by atoms with E-state index in [0.717, 1.165) is 24.3 Å². The summed E-state index contributed by atoms with van der Waals surface area (Å²) in [7, 11) is 0. The van der Waals surface area contributed by atoms with Gasteiger partial charge in [-0.2, -0.15) is 0 Å². The Morgan fingerprint density at radius 2 is 2.00 bits per heavy atom. The van der Waals surface area contributed by atoms with Crippen LogP contribution in [0.4, 0.5) is 0 Å².